The number of hydrogen-bond acceptors (Lipinski definition) is 3. The molecule has 0 radical (unpaired) electrons. The normalized spacial score (nSPS) is 31.3. The Hall–Kier alpha value is 0.0134. The van der Waals surface area contributed by atoms with Crippen molar-refractivity contribution in [2.75, 3.05) is 6.54 Å². The van der Waals surface area contributed by atoms with Crippen molar-refractivity contribution in [2.45, 2.75) is 18.6 Å². The molecule has 5 heteroatoms. The molecule has 0 saturated carbocycles. The van der Waals surface area contributed by atoms with E-state index >= 15 is 0 Å². The smallest absolute Gasteiger partial charge is 0.320 e. The van der Waals surface area contributed by atoms with Crippen LogP contribution >= 0.6 is 0 Å². The van der Waals surface area contributed by atoms with Crippen LogP contribution in [0.2, 0.25) is 0 Å². The predicted molar refractivity (Wildman–Crippen MR) is 30.1 cm³/mol. The molecule has 2 atom stereocenters. The van der Waals surface area contributed by atoms with Crippen LogP contribution in [0.4, 0.5) is 0 Å². The first-order valence-electron chi connectivity index (χ1n) is 2.84. The average Bonchev–Trinajstić information content (AvgIpc) is 2.14. The monoisotopic (exact) mass is 195 g/mol. The Morgan fingerprint density at radius 2 is 2.20 bits per heavy atom. The number of aliphatic hydroxyl groups is 1. The first kappa shape index (κ1) is 10.0. The van der Waals surface area contributed by atoms with Crippen LogP contribution in [0, 0.1) is 0 Å². The van der Waals surface area contributed by atoms with Gasteiger partial charge in [0.2, 0.25) is 0 Å². The van der Waals surface area contributed by atoms with E-state index in [0.717, 1.165) is 0 Å². The fraction of sp³-hybridized carbons (Fsp3) is 0.800. The topological polar surface area (TPSA) is 69.6 Å². The number of nitrogens with one attached hydrogen (secondary N) is 1. The summed E-state index contributed by atoms with van der Waals surface area (Å²) in [5, 5.41) is 19.8. The van der Waals surface area contributed by atoms with Gasteiger partial charge in [-0.1, -0.05) is 0 Å². The molecular weight excluding hydrogens is 187 g/mol. The summed E-state index contributed by atoms with van der Waals surface area (Å²) in [5.74, 6) is -0.883. The van der Waals surface area contributed by atoms with E-state index in [1.54, 1.807) is 0 Å². The van der Waals surface area contributed by atoms with Gasteiger partial charge in [-0.3, -0.25) is 4.79 Å². The van der Waals surface area contributed by atoms with Gasteiger partial charge in [-0.25, -0.2) is 0 Å². The third-order valence-electron chi connectivity index (χ3n) is 1.41. The molecule has 4 nitrogen and oxygen atoms in total. The van der Waals surface area contributed by atoms with Crippen LogP contribution in [0.3, 0.4) is 0 Å². The van der Waals surface area contributed by atoms with Crippen LogP contribution < -0.4 is 5.32 Å². The molecule has 1 heterocycles. The van der Waals surface area contributed by atoms with E-state index < -0.39 is 18.1 Å². The van der Waals surface area contributed by atoms with Crippen LogP contribution in [0.15, 0.2) is 0 Å². The molecule has 0 amide bonds. The van der Waals surface area contributed by atoms with Crippen LogP contribution in [0.5, 0.6) is 0 Å². The number of aliphatic hydroxyl groups excluding tert-OH is 1. The molecule has 0 bridgehead atoms. The van der Waals surface area contributed by atoms with Crippen molar-refractivity contribution in [3.63, 3.8) is 0 Å². The largest absolute Gasteiger partial charge is 0.480 e. The van der Waals surface area contributed by atoms with E-state index in [1.165, 1.54) is 0 Å². The zero-order valence-corrected chi connectivity index (χ0v) is 8.55. The van der Waals surface area contributed by atoms with E-state index in [-0.39, 0.29) is 19.5 Å². The maximum Gasteiger partial charge on any atom is 0.320 e. The number of carboxylic acid groups (broad SMARTS) is 1. The molecule has 1 saturated heterocycles. The molecular formula is C5H9NO3Zn. The number of β-amino-alcohol motifs (C(OH)–C–C–N with tert-alkyl or cyclic N) is 1. The van der Waals surface area contributed by atoms with Gasteiger partial charge in [0.1, 0.15) is 6.04 Å². The second-order valence-electron chi connectivity index (χ2n) is 2.19. The van der Waals surface area contributed by atoms with E-state index in [0.29, 0.717) is 13.0 Å². The fourth-order valence-corrected chi connectivity index (χ4v) is 0.905. The van der Waals surface area contributed by atoms with Gasteiger partial charge in [-0.15, -0.1) is 0 Å². The van der Waals surface area contributed by atoms with Crippen molar-refractivity contribution in [1.29, 1.82) is 0 Å². The van der Waals surface area contributed by atoms with E-state index in [9.17, 15) is 4.79 Å². The van der Waals surface area contributed by atoms with Gasteiger partial charge < -0.3 is 15.5 Å². The number of aliphatic carboxylic acids is 1. The molecule has 3 N–H and O–H groups in total. The second-order valence-corrected chi connectivity index (χ2v) is 2.19. The van der Waals surface area contributed by atoms with Crippen molar-refractivity contribution >= 4 is 5.97 Å². The summed E-state index contributed by atoms with van der Waals surface area (Å²) in [6, 6.07) is -0.542. The van der Waals surface area contributed by atoms with Crippen molar-refractivity contribution in [2.24, 2.45) is 0 Å². The summed E-state index contributed by atoms with van der Waals surface area (Å²) < 4.78 is 0. The molecule has 54 valence electrons. The number of carbonyl (C=O) groups is 1. The van der Waals surface area contributed by atoms with Crippen molar-refractivity contribution in [3.05, 3.63) is 0 Å². The Morgan fingerprint density at radius 3 is 2.40 bits per heavy atom. The van der Waals surface area contributed by atoms with Gasteiger partial charge in [0.15, 0.2) is 0 Å². The predicted octanol–water partition coefficient (Wildman–Crippen LogP) is -1.21. The standard InChI is InChI=1S/C5H9NO3.Zn/c7-3-1-4(5(8)9)6-2-3;/h3-4,6-7H,1-2H2,(H,8,9);/t3-,4+;/m1./s1. The Labute approximate surface area is 71.4 Å². The molecule has 1 aliphatic rings. The van der Waals surface area contributed by atoms with Gasteiger partial charge in [0, 0.05) is 32.4 Å². The zero-order valence-electron chi connectivity index (χ0n) is 5.58. The van der Waals surface area contributed by atoms with Crippen LogP contribution in [0.1, 0.15) is 6.42 Å². The van der Waals surface area contributed by atoms with Crippen molar-refractivity contribution in [1.82, 2.24) is 5.32 Å². The average molecular weight is 197 g/mol. The number of rotatable bonds is 1. The summed E-state index contributed by atoms with van der Waals surface area (Å²) in [4.78, 5) is 10.2. The van der Waals surface area contributed by atoms with E-state index in [2.05, 4.69) is 5.32 Å². The summed E-state index contributed by atoms with van der Waals surface area (Å²) in [6.07, 6.45) is -0.152. The summed E-state index contributed by atoms with van der Waals surface area (Å²) in [5.41, 5.74) is 0. The number of hydrogen-bond donors (Lipinski definition) is 3. The third kappa shape index (κ3) is 2.33. The maximum atomic E-state index is 10.2. The molecule has 0 aromatic carbocycles. The molecule has 1 fully saturated rings. The Bertz CT molecular complexity index is 130. The zero-order chi connectivity index (χ0) is 6.85. The van der Waals surface area contributed by atoms with Gasteiger partial charge in [-0.2, -0.15) is 0 Å². The van der Waals surface area contributed by atoms with Gasteiger partial charge in [0.25, 0.3) is 0 Å². The van der Waals surface area contributed by atoms with Crippen LogP contribution in [-0.2, 0) is 24.3 Å². The molecule has 0 unspecified atom stereocenters. The minimum absolute atomic E-state index is 0. The second kappa shape index (κ2) is 4.01. The minimum atomic E-state index is -0.883. The summed E-state index contributed by atoms with van der Waals surface area (Å²) >= 11 is 0. The summed E-state index contributed by atoms with van der Waals surface area (Å²) in [7, 11) is 0. The van der Waals surface area contributed by atoms with Crippen LogP contribution in [-0.4, -0.2) is 34.9 Å². The molecule has 10 heavy (non-hydrogen) atoms. The SMILES string of the molecule is O=C(O)[C@@H]1C[C@@H](O)CN1.[Zn]. The Morgan fingerprint density at radius 1 is 1.60 bits per heavy atom. The Balaban J connectivity index is 0.000000810. The van der Waals surface area contributed by atoms with Crippen molar-refractivity contribution < 1.29 is 34.5 Å². The van der Waals surface area contributed by atoms with E-state index in [1.807, 2.05) is 0 Å². The third-order valence-corrected chi connectivity index (χ3v) is 1.41. The molecule has 0 aliphatic carbocycles. The molecule has 0 spiro atoms. The quantitative estimate of drug-likeness (QED) is 0.461. The molecule has 0 aromatic rings. The molecule has 0 aromatic heterocycles. The Kier molecular flexibility index (Phi) is 4.02. The summed E-state index contributed by atoms with van der Waals surface area (Å²) in [6.45, 7) is 0.400. The van der Waals surface area contributed by atoms with E-state index in [4.69, 9.17) is 10.2 Å². The first-order valence-corrected chi connectivity index (χ1v) is 2.84. The minimum Gasteiger partial charge on any atom is -0.480 e. The van der Waals surface area contributed by atoms with Gasteiger partial charge >= 0.3 is 5.97 Å². The van der Waals surface area contributed by atoms with Crippen LogP contribution in [0.25, 0.3) is 0 Å². The van der Waals surface area contributed by atoms with Crippen molar-refractivity contribution in [3.8, 4) is 0 Å². The van der Waals surface area contributed by atoms with Gasteiger partial charge in [-0.05, 0) is 0 Å². The molecule has 1 aliphatic heterocycles. The maximum absolute atomic E-state index is 10.2. The van der Waals surface area contributed by atoms with Gasteiger partial charge in [0.05, 0.1) is 6.10 Å². The fourth-order valence-electron chi connectivity index (χ4n) is 0.905. The first-order chi connectivity index (χ1) is 4.20. The molecule has 1 rings (SSSR count). The number of carboxylic acids is 1.